The van der Waals surface area contributed by atoms with Gasteiger partial charge in [0.15, 0.2) is 0 Å². The molecule has 0 radical (unpaired) electrons. The Morgan fingerprint density at radius 3 is 2.46 bits per heavy atom. The Kier molecular flexibility index (Phi) is 6.89. The molecule has 5 nitrogen and oxygen atoms in total. The van der Waals surface area contributed by atoms with Gasteiger partial charge in [0.2, 0.25) is 0 Å². The van der Waals surface area contributed by atoms with Crippen molar-refractivity contribution in [2.24, 2.45) is 0 Å². The largest absolute Gasteiger partial charge is 0.494 e. The second-order valence-electron chi connectivity index (χ2n) is 5.69. The van der Waals surface area contributed by atoms with Crippen molar-refractivity contribution in [3.63, 3.8) is 0 Å². The molecule has 1 unspecified atom stereocenters. The summed E-state index contributed by atoms with van der Waals surface area (Å²) in [4.78, 5) is 12.0. The second-order valence-corrected chi connectivity index (χ2v) is 5.69. The molecule has 3 N–H and O–H groups in total. The SMILES string of the molecule is CCCC(C)(CO)NC(=O)Nc1ccc(OCC)cc1C(F)(F)F. The molecule has 0 aliphatic heterocycles. The fourth-order valence-electron chi connectivity index (χ4n) is 2.28. The summed E-state index contributed by atoms with van der Waals surface area (Å²) in [5, 5.41) is 14.1. The fourth-order valence-corrected chi connectivity index (χ4v) is 2.28. The first kappa shape index (κ1) is 20.1. The molecule has 1 aromatic rings. The van der Waals surface area contributed by atoms with Crippen molar-refractivity contribution in [3.05, 3.63) is 23.8 Å². The number of benzene rings is 1. The minimum Gasteiger partial charge on any atom is -0.494 e. The molecule has 1 atom stereocenters. The third-order valence-electron chi connectivity index (χ3n) is 3.42. The molecule has 0 saturated heterocycles. The zero-order valence-corrected chi connectivity index (χ0v) is 14.0. The molecule has 0 aromatic heterocycles. The zero-order chi connectivity index (χ0) is 18.4. The average molecular weight is 348 g/mol. The van der Waals surface area contributed by atoms with E-state index in [0.29, 0.717) is 12.8 Å². The smallest absolute Gasteiger partial charge is 0.418 e. The van der Waals surface area contributed by atoms with Crippen LogP contribution in [0.2, 0.25) is 0 Å². The summed E-state index contributed by atoms with van der Waals surface area (Å²) >= 11 is 0. The lowest BCUT2D eigenvalue weighted by molar-refractivity contribution is -0.137. The summed E-state index contributed by atoms with van der Waals surface area (Å²) < 4.78 is 44.6. The van der Waals surface area contributed by atoms with Gasteiger partial charge in [-0.15, -0.1) is 0 Å². The topological polar surface area (TPSA) is 70.6 Å². The van der Waals surface area contributed by atoms with E-state index in [1.807, 2.05) is 6.92 Å². The van der Waals surface area contributed by atoms with Gasteiger partial charge in [-0.3, -0.25) is 0 Å². The van der Waals surface area contributed by atoms with Gasteiger partial charge in [-0.05, 0) is 38.5 Å². The maximum absolute atomic E-state index is 13.2. The van der Waals surface area contributed by atoms with Gasteiger partial charge in [0.05, 0.1) is 30.0 Å². The molecule has 0 aliphatic rings. The maximum Gasteiger partial charge on any atom is 0.418 e. The summed E-state index contributed by atoms with van der Waals surface area (Å²) in [5.74, 6) is 0.0713. The number of nitrogens with one attached hydrogen (secondary N) is 2. The Bertz CT molecular complexity index is 564. The third kappa shape index (κ3) is 5.59. The van der Waals surface area contributed by atoms with Gasteiger partial charge in [-0.25, -0.2) is 4.79 Å². The van der Waals surface area contributed by atoms with E-state index in [0.717, 1.165) is 12.1 Å². The Morgan fingerprint density at radius 1 is 1.29 bits per heavy atom. The van der Waals surface area contributed by atoms with Crippen LogP contribution in [0.1, 0.15) is 39.2 Å². The standard InChI is InChI=1S/C16H23F3N2O3/c1-4-8-15(3,10-22)21-14(23)20-13-7-6-11(24-5-2)9-12(13)16(17,18)19/h6-7,9,22H,4-5,8,10H2,1-3H3,(H2,20,21,23). The third-order valence-corrected chi connectivity index (χ3v) is 3.42. The predicted octanol–water partition coefficient (Wildman–Crippen LogP) is 3.78. The van der Waals surface area contributed by atoms with Crippen LogP contribution in [-0.4, -0.2) is 29.9 Å². The number of halogens is 3. The van der Waals surface area contributed by atoms with Crippen LogP contribution in [0.15, 0.2) is 18.2 Å². The van der Waals surface area contributed by atoms with E-state index >= 15 is 0 Å². The summed E-state index contributed by atoms with van der Waals surface area (Å²) in [7, 11) is 0. The van der Waals surface area contributed by atoms with Gasteiger partial charge in [-0.1, -0.05) is 13.3 Å². The van der Waals surface area contributed by atoms with Crippen molar-refractivity contribution < 1.29 is 27.8 Å². The lowest BCUT2D eigenvalue weighted by atomic mass is 9.97. The molecule has 0 heterocycles. The number of urea groups is 1. The number of anilines is 1. The van der Waals surface area contributed by atoms with Crippen LogP contribution in [0, 0.1) is 0 Å². The maximum atomic E-state index is 13.2. The molecular formula is C16H23F3N2O3. The van der Waals surface area contributed by atoms with Crippen molar-refractivity contribution in [1.82, 2.24) is 5.32 Å². The molecule has 8 heteroatoms. The van der Waals surface area contributed by atoms with E-state index in [1.165, 1.54) is 6.07 Å². The lowest BCUT2D eigenvalue weighted by Gasteiger charge is -2.28. The number of carbonyl (C=O) groups excluding carboxylic acids is 1. The Hall–Kier alpha value is -1.96. The summed E-state index contributed by atoms with van der Waals surface area (Å²) in [6.07, 6.45) is -3.44. The number of carbonyl (C=O) groups is 1. The molecular weight excluding hydrogens is 325 g/mol. The van der Waals surface area contributed by atoms with Gasteiger partial charge in [0.25, 0.3) is 0 Å². The van der Waals surface area contributed by atoms with Gasteiger partial charge in [0, 0.05) is 0 Å². The van der Waals surface area contributed by atoms with Gasteiger partial charge in [0.1, 0.15) is 5.75 Å². The first-order valence-electron chi connectivity index (χ1n) is 7.69. The van der Waals surface area contributed by atoms with E-state index in [4.69, 9.17) is 4.74 Å². The Balaban J connectivity index is 2.99. The predicted molar refractivity (Wildman–Crippen MR) is 85.2 cm³/mol. The number of rotatable bonds is 7. The summed E-state index contributed by atoms with van der Waals surface area (Å²) in [6.45, 7) is 5.08. The minimum atomic E-state index is -4.64. The average Bonchev–Trinajstić information content (AvgIpc) is 2.48. The zero-order valence-electron chi connectivity index (χ0n) is 14.0. The van der Waals surface area contributed by atoms with Crippen molar-refractivity contribution in [2.75, 3.05) is 18.5 Å². The van der Waals surface area contributed by atoms with Crippen molar-refractivity contribution >= 4 is 11.7 Å². The number of aliphatic hydroxyl groups excluding tert-OH is 1. The summed E-state index contributed by atoms with van der Waals surface area (Å²) in [6, 6.07) is 2.53. The molecule has 0 fully saturated rings. The van der Waals surface area contributed by atoms with Crippen molar-refractivity contribution in [2.45, 2.75) is 45.3 Å². The second kappa shape index (κ2) is 8.23. The van der Waals surface area contributed by atoms with Gasteiger partial charge < -0.3 is 20.5 Å². The molecule has 0 saturated carbocycles. The molecule has 0 spiro atoms. The van der Waals surface area contributed by atoms with E-state index in [-0.39, 0.29) is 24.7 Å². The number of amides is 2. The van der Waals surface area contributed by atoms with Gasteiger partial charge >= 0.3 is 12.2 Å². The van der Waals surface area contributed by atoms with E-state index in [2.05, 4.69) is 10.6 Å². The number of alkyl halides is 3. The number of aliphatic hydroxyl groups is 1. The first-order chi connectivity index (χ1) is 11.1. The summed E-state index contributed by atoms with van der Waals surface area (Å²) in [5.41, 5.74) is -2.27. The quantitative estimate of drug-likeness (QED) is 0.702. The van der Waals surface area contributed by atoms with Crippen LogP contribution < -0.4 is 15.4 Å². The van der Waals surface area contributed by atoms with Crippen LogP contribution in [0.3, 0.4) is 0 Å². The molecule has 24 heavy (non-hydrogen) atoms. The van der Waals surface area contributed by atoms with Crippen LogP contribution in [0.4, 0.5) is 23.7 Å². The first-order valence-corrected chi connectivity index (χ1v) is 7.69. The van der Waals surface area contributed by atoms with E-state index in [9.17, 15) is 23.1 Å². The molecule has 1 rings (SSSR count). The number of ether oxygens (including phenoxy) is 1. The van der Waals surface area contributed by atoms with Crippen molar-refractivity contribution in [1.29, 1.82) is 0 Å². The highest BCUT2D eigenvalue weighted by molar-refractivity contribution is 5.90. The molecule has 0 bridgehead atoms. The highest BCUT2D eigenvalue weighted by atomic mass is 19.4. The molecule has 2 amide bonds. The molecule has 1 aromatic carbocycles. The lowest BCUT2D eigenvalue weighted by Crippen LogP contribution is -2.50. The van der Waals surface area contributed by atoms with Crippen LogP contribution in [0.5, 0.6) is 5.75 Å². The van der Waals surface area contributed by atoms with Crippen molar-refractivity contribution in [3.8, 4) is 5.75 Å². The highest BCUT2D eigenvalue weighted by Gasteiger charge is 2.35. The minimum absolute atomic E-state index is 0.0713. The Morgan fingerprint density at radius 2 is 1.96 bits per heavy atom. The fraction of sp³-hybridized carbons (Fsp3) is 0.562. The number of hydrogen-bond acceptors (Lipinski definition) is 3. The van der Waals surface area contributed by atoms with Crippen LogP contribution in [0.25, 0.3) is 0 Å². The normalized spacial score (nSPS) is 14.0. The molecule has 0 aliphatic carbocycles. The van der Waals surface area contributed by atoms with Gasteiger partial charge in [-0.2, -0.15) is 13.2 Å². The van der Waals surface area contributed by atoms with Crippen LogP contribution >= 0.6 is 0 Å². The van der Waals surface area contributed by atoms with Crippen LogP contribution in [-0.2, 0) is 6.18 Å². The number of hydrogen-bond donors (Lipinski definition) is 3. The monoisotopic (exact) mass is 348 g/mol. The Labute approximate surface area is 139 Å². The highest BCUT2D eigenvalue weighted by Crippen LogP contribution is 2.37. The van der Waals surface area contributed by atoms with E-state index < -0.39 is 23.3 Å². The van der Waals surface area contributed by atoms with E-state index in [1.54, 1.807) is 13.8 Å². The molecule has 136 valence electrons.